The normalized spacial score (nSPS) is 9.90. The molecule has 0 aliphatic rings. The van der Waals surface area contributed by atoms with Crippen LogP contribution in [0.5, 0.6) is 0 Å². The van der Waals surface area contributed by atoms with Gasteiger partial charge in [-0.1, -0.05) is 11.6 Å². The summed E-state index contributed by atoms with van der Waals surface area (Å²) in [4.78, 5) is 13.6. The molecule has 1 rings (SSSR count). The van der Waals surface area contributed by atoms with Crippen LogP contribution in [0, 0.1) is 6.92 Å². The van der Waals surface area contributed by atoms with Gasteiger partial charge in [0.05, 0.1) is 5.02 Å². The largest absolute Gasteiger partial charge is 0.355 e. The maximum absolute atomic E-state index is 10.8. The number of Topliss-reactive ketones (excluding diaryl/α,β-unsaturated/α-hetero) is 1. The van der Waals surface area contributed by atoms with Crippen molar-refractivity contribution >= 4 is 17.4 Å². The van der Waals surface area contributed by atoms with E-state index in [4.69, 9.17) is 11.6 Å². The number of aromatic nitrogens is 1. The predicted molar refractivity (Wildman–Crippen MR) is 40.5 cm³/mol. The number of hydrogen-bond acceptors (Lipinski definition) is 1. The molecule has 1 aromatic heterocycles. The fraction of sp³-hybridized carbons (Fsp3) is 0.286. The van der Waals surface area contributed by atoms with Crippen LogP contribution in [0.4, 0.5) is 0 Å². The maximum Gasteiger partial charge on any atom is 0.177 e. The molecule has 0 amide bonds. The van der Waals surface area contributed by atoms with E-state index in [-0.39, 0.29) is 5.78 Å². The number of carbonyl (C=O) groups excluding carboxylic acids is 1. The summed E-state index contributed by atoms with van der Waals surface area (Å²) in [6.45, 7) is 3.34. The number of ketones is 1. The summed E-state index contributed by atoms with van der Waals surface area (Å²) in [6, 6.07) is 1.73. The minimum absolute atomic E-state index is 0.0295. The van der Waals surface area contributed by atoms with Crippen molar-refractivity contribution in [3.05, 3.63) is 22.5 Å². The Hall–Kier alpha value is -0.760. The topological polar surface area (TPSA) is 32.9 Å². The van der Waals surface area contributed by atoms with Crippen LogP contribution in [0.1, 0.15) is 23.1 Å². The Labute approximate surface area is 64.2 Å². The number of rotatable bonds is 1. The fourth-order valence-corrected chi connectivity index (χ4v) is 1.16. The van der Waals surface area contributed by atoms with Crippen LogP contribution in [0.2, 0.25) is 5.02 Å². The second-order valence-electron chi connectivity index (χ2n) is 2.23. The van der Waals surface area contributed by atoms with Gasteiger partial charge in [-0.2, -0.15) is 0 Å². The van der Waals surface area contributed by atoms with Gasteiger partial charge in [-0.3, -0.25) is 4.79 Å². The van der Waals surface area contributed by atoms with Crippen LogP contribution >= 0.6 is 11.6 Å². The van der Waals surface area contributed by atoms with E-state index in [1.54, 1.807) is 6.07 Å². The predicted octanol–water partition coefficient (Wildman–Crippen LogP) is 2.18. The summed E-state index contributed by atoms with van der Waals surface area (Å²) in [5.41, 5.74) is 1.41. The number of carbonyl (C=O) groups is 1. The van der Waals surface area contributed by atoms with Crippen LogP contribution < -0.4 is 0 Å². The molecule has 54 valence electrons. The lowest BCUT2D eigenvalue weighted by Gasteiger charge is -1.87. The van der Waals surface area contributed by atoms with Crippen molar-refractivity contribution in [3.63, 3.8) is 0 Å². The molecule has 0 aliphatic heterocycles. The van der Waals surface area contributed by atoms with Crippen molar-refractivity contribution in [2.45, 2.75) is 13.8 Å². The van der Waals surface area contributed by atoms with E-state index >= 15 is 0 Å². The molecule has 0 saturated heterocycles. The van der Waals surface area contributed by atoms with Crippen LogP contribution in [0.15, 0.2) is 6.07 Å². The summed E-state index contributed by atoms with van der Waals surface area (Å²) in [5, 5.41) is 0.505. The Balaban J connectivity index is 3.15. The van der Waals surface area contributed by atoms with Crippen molar-refractivity contribution in [3.8, 4) is 0 Å². The number of hydrogen-bond donors (Lipinski definition) is 1. The Kier molecular flexibility index (Phi) is 1.81. The highest BCUT2D eigenvalue weighted by molar-refractivity contribution is 6.33. The van der Waals surface area contributed by atoms with E-state index in [0.29, 0.717) is 10.7 Å². The molecule has 2 nitrogen and oxygen atoms in total. The van der Waals surface area contributed by atoms with Crippen LogP contribution in [-0.4, -0.2) is 10.8 Å². The molecule has 0 aromatic carbocycles. The SMILES string of the molecule is CC(=O)c1[nH]c(C)cc1Cl. The number of H-pyrrole nitrogens is 1. The minimum atomic E-state index is -0.0295. The first-order valence-corrected chi connectivity index (χ1v) is 3.35. The third-order valence-electron chi connectivity index (χ3n) is 1.26. The molecule has 3 heteroatoms. The van der Waals surface area contributed by atoms with Gasteiger partial charge in [0.15, 0.2) is 5.78 Å². The zero-order valence-corrected chi connectivity index (χ0v) is 6.62. The Morgan fingerprint density at radius 3 is 2.50 bits per heavy atom. The van der Waals surface area contributed by atoms with Crippen molar-refractivity contribution in [2.24, 2.45) is 0 Å². The lowest BCUT2D eigenvalue weighted by Crippen LogP contribution is -1.92. The molecule has 0 unspecified atom stereocenters. The molecule has 1 aromatic rings. The molecule has 0 atom stereocenters. The Morgan fingerprint density at radius 1 is 1.70 bits per heavy atom. The standard InChI is InChI=1S/C7H8ClNO/c1-4-3-6(8)7(9-4)5(2)10/h3,9H,1-2H3. The van der Waals surface area contributed by atoms with Gasteiger partial charge in [0.25, 0.3) is 0 Å². The smallest absolute Gasteiger partial charge is 0.177 e. The van der Waals surface area contributed by atoms with Gasteiger partial charge >= 0.3 is 0 Å². The third kappa shape index (κ3) is 1.21. The molecule has 0 fully saturated rings. The molecule has 10 heavy (non-hydrogen) atoms. The minimum Gasteiger partial charge on any atom is -0.355 e. The second-order valence-corrected chi connectivity index (χ2v) is 2.64. The number of aromatic amines is 1. The van der Waals surface area contributed by atoms with E-state index in [9.17, 15) is 4.79 Å². The molecule has 0 saturated carbocycles. The Bertz CT molecular complexity index is 265. The highest BCUT2D eigenvalue weighted by atomic mass is 35.5. The maximum atomic E-state index is 10.8. The van der Waals surface area contributed by atoms with Gasteiger partial charge in [-0.05, 0) is 13.0 Å². The van der Waals surface area contributed by atoms with Crippen molar-refractivity contribution in [1.82, 2.24) is 4.98 Å². The first-order chi connectivity index (χ1) is 4.61. The van der Waals surface area contributed by atoms with Crippen molar-refractivity contribution < 1.29 is 4.79 Å². The molecular weight excluding hydrogens is 150 g/mol. The summed E-state index contributed by atoms with van der Waals surface area (Å²) < 4.78 is 0. The van der Waals surface area contributed by atoms with E-state index in [0.717, 1.165) is 5.69 Å². The molecule has 0 radical (unpaired) electrons. The zero-order valence-electron chi connectivity index (χ0n) is 5.86. The zero-order chi connectivity index (χ0) is 7.72. The van der Waals surface area contributed by atoms with Gasteiger partial charge in [0.1, 0.15) is 5.69 Å². The summed E-state index contributed by atoms with van der Waals surface area (Å²) in [7, 11) is 0. The molecular formula is C7H8ClNO. The first-order valence-electron chi connectivity index (χ1n) is 2.97. The fourth-order valence-electron chi connectivity index (χ4n) is 0.811. The molecule has 1 N–H and O–H groups in total. The van der Waals surface area contributed by atoms with Gasteiger partial charge in [-0.15, -0.1) is 0 Å². The highest BCUT2D eigenvalue weighted by Crippen LogP contribution is 2.16. The highest BCUT2D eigenvalue weighted by Gasteiger charge is 2.06. The van der Waals surface area contributed by atoms with Crippen molar-refractivity contribution in [1.29, 1.82) is 0 Å². The lowest BCUT2D eigenvalue weighted by atomic mass is 10.3. The van der Waals surface area contributed by atoms with Crippen LogP contribution in [0.3, 0.4) is 0 Å². The summed E-state index contributed by atoms with van der Waals surface area (Å²) in [6.07, 6.45) is 0. The average molecular weight is 158 g/mol. The number of nitrogens with one attached hydrogen (secondary N) is 1. The van der Waals surface area contributed by atoms with Crippen LogP contribution in [-0.2, 0) is 0 Å². The molecule has 0 spiro atoms. The molecule has 0 aliphatic carbocycles. The van der Waals surface area contributed by atoms with E-state index in [1.165, 1.54) is 6.92 Å². The van der Waals surface area contributed by atoms with E-state index in [1.807, 2.05) is 6.92 Å². The van der Waals surface area contributed by atoms with Crippen LogP contribution in [0.25, 0.3) is 0 Å². The van der Waals surface area contributed by atoms with E-state index < -0.39 is 0 Å². The third-order valence-corrected chi connectivity index (χ3v) is 1.55. The second kappa shape index (κ2) is 2.46. The van der Waals surface area contributed by atoms with Gasteiger partial charge in [0.2, 0.25) is 0 Å². The average Bonchev–Trinajstić information content (AvgIpc) is 2.10. The van der Waals surface area contributed by atoms with Crippen molar-refractivity contribution in [2.75, 3.05) is 0 Å². The van der Waals surface area contributed by atoms with E-state index in [2.05, 4.69) is 4.98 Å². The van der Waals surface area contributed by atoms with Gasteiger partial charge < -0.3 is 4.98 Å². The summed E-state index contributed by atoms with van der Waals surface area (Å²) in [5.74, 6) is -0.0295. The Morgan fingerprint density at radius 2 is 2.30 bits per heavy atom. The first kappa shape index (κ1) is 7.35. The number of aryl methyl sites for hydroxylation is 1. The summed E-state index contributed by atoms with van der Waals surface area (Å²) >= 11 is 5.69. The number of halogens is 1. The monoisotopic (exact) mass is 157 g/mol. The van der Waals surface area contributed by atoms with Gasteiger partial charge in [0, 0.05) is 12.6 Å². The quantitative estimate of drug-likeness (QED) is 0.623. The molecule has 1 heterocycles. The van der Waals surface area contributed by atoms with Gasteiger partial charge in [-0.25, -0.2) is 0 Å². The molecule has 0 bridgehead atoms. The lowest BCUT2D eigenvalue weighted by molar-refractivity contribution is 0.101.